The topological polar surface area (TPSA) is 15.3 Å². The van der Waals surface area contributed by atoms with Gasteiger partial charge in [-0.2, -0.15) is 0 Å². The number of rotatable bonds is 5. The average molecular weight is 286 g/mol. The van der Waals surface area contributed by atoms with E-state index in [-0.39, 0.29) is 0 Å². The molecule has 1 aliphatic carbocycles. The number of hydrogen-bond donors (Lipinski definition) is 1. The lowest BCUT2D eigenvalue weighted by atomic mass is 9.88. The van der Waals surface area contributed by atoms with E-state index in [9.17, 15) is 0 Å². The third-order valence-corrected chi connectivity index (χ3v) is 5.90. The molecule has 1 saturated heterocycles. The summed E-state index contributed by atoms with van der Waals surface area (Å²) in [4.78, 5) is 2.83. The van der Waals surface area contributed by atoms with Crippen LogP contribution in [0.2, 0.25) is 0 Å². The van der Waals surface area contributed by atoms with Gasteiger partial charge in [0.25, 0.3) is 0 Å². The van der Waals surface area contributed by atoms with E-state index in [2.05, 4.69) is 61.3 Å². The molecule has 0 amide bonds. The molecule has 2 aliphatic rings. The van der Waals surface area contributed by atoms with Crippen molar-refractivity contribution in [3.8, 4) is 0 Å². The molecule has 3 atom stereocenters. The summed E-state index contributed by atoms with van der Waals surface area (Å²) in [7, 11) is 0. The predicted octanol–water partition coefficient (Wildman–Crippen LogP) is 3.79. The molecule has 0 spiro atoms. The fraction of sp³-hybridized carbons (Fsp3) is 0.684. The highest BCUT2D eigenvalue weighted by Crippen LogP contribution is 2.47. The van der Waals surface area contributed by atoms with Gasteiger partial charge in [0.05, 0.1) is 0 Å². The van der Waals surface area contributed by atoms with Crippen molar-refractivity contribution in [2.24, 2.45) is 0 Å². The van der Waals surface area contributed by atoms with Gasteiger partial charge in [0.15, 0.2) is 0 Å². The highest BCUT2D eigenvalue weighted by atomic mass is 15.3. The largest absolute Gasteiger partial charge is 0.308 e. The molecule has 0 radical (unpaired) electrons. The third kappa shape index (κ3) is 2.89. The second-order valence-corrected chi connectivity index (χ2v) is 6.92. The summed E-state index contributed by atoms with van der Waals surface area (Å²) in [5.41, 5.74) is 1.88. The van der Waals surface area contributed by atoms with Crippen LogP contribution in [0.5, 0.6) is 0 Å². The summed E-state index contributed by atoms with van der Waals surface area (Å²) in [6.07, 6.45) is 5.08. The average Bonchev–Trinajstić information content (AvgIpc) is 3.35. The van der Waals surface area contributed by atoms with Crippen LogP contribution >= 0.6 is 0 Å². The number of nitrogens with zero attached hydrogens (tertiary/aromatic N) is 1. The van der Waals surface area contributed by atoms with Crippen LogP contribution < -0.4 is 5.32 Å². The molecule has 3 unspecified atom stereocenters. The molecule has 2 nitrogen and oxygen atoms in total. The van der Waals surface area contributed by atoms with Crippen LogP contribution in [0.15, 0.2) is 30.3 Å². The van der Waals surface area contributed by atoms with Gasteiger partial charge in [0.1, 0.15) is 0 Å². The van der Waals surface area contributed by atoms with Crippen molar-refractivity contribution in [3.63, 3.8) is 0 Å². The van der Waals surface area contributed by atoms with Crippen LogP contribution in [0.3, 0.4) is 0 Å². The molecular weight excluding hydrogens is 256 g/mol. The number of hydrogen-bond acceptors (Lipinski definition) is 2. The lowest BCUT2D eigenvalue weighted by Gasteiger charge is -2.48. The molecule has 1 saturated carbocycles. The summed E-state index contributed by atoms with van der Waals surface area (Å²) in [6, 6.07) is 12.6. The zero-order valence-electron chi connectivity index (χ0n) is 13.8. The van der Waals surface area contributed by atoms with E-state index >= 15 is 0 Å². The van der Waals surface area contributed by atoms with Gasteiger partial charge in [-0.25, -0.2) is 0 Å². The van der Waals surface area contributed by atoms with Crippen molar-refractivity contribution < 1.29 is 0 Å². The Morgan fingerprint density at radius 1 is 1.14 bits per heavy atom. The van der Waals surface area contributed by atoms with E-state index in [0.29, 0.717) is 5.54 Å². The summed E-state index contributed by atoms with van der Waals surface area (Å²) in [6.45, 7) is 9.40. The summed E-state index contributed by atoms with van der Waals surface area (Å²) in [5, 5.41) is 3.86. The second-order valence-electron chi connectivity index (χ2n) is 6.92. The SMILES string of the molecule is CCC1CNC(CC)(CC)CN1C1CC1c1ccccc1. The Hall–Kier alpha value is -0.860. The van der Waals surface area contributed by atoms with E-state index in [1.165, 1.54) is 37.8 Å². The first-order chi connectivity index (χ1) is 10.2. The van der Waals surface area contributed by atoms with Crippen molar-refractivity contribution in [2.75, 3.05) is 13.1 Å². The van der Waals surface area contributed by atoms with Crippen molar-refractivity contribution in [1.29, 1.82) is 0 Å². The van der Waals surface area contributed by atoms with Gasteiger partial charge >= 0.3 is 0 Å². The van der Waals surface area contributed by atoms with Crippen LogP contribution in [-0.2, 0) is 0 Å². The van der Waals surface area contributed by atoms with Gasteiger partial charge in [-0.1, -0.05) is 51.1 Å². The van der Waals surface area contributed by atoms with E-state index in [1.807, 2.05) is 0 Å². The van der Waals surface area contributed by atoms with Crippen molar-refractivity contribution in [1.82, 2.24) is 10.2 Å². The molecule has 1 aliphatic heterocycles. The van der Waals surface area contributed by atoms with Gasteiger partial charge in [-0.15, -0.1) is 0 Å². The van der Waals surface area contributed by atoms with E-state index in [0.717, 1.165) is 24.5 Å². The molecule has 0 bridgehead atoms. The quantitative estimate of drug-likeness (QED) is 0.886. The molecule has 116 valence electrons. The minimum absolute atomic E-state index is 0.343. The summed E-state index contributed by atoms with van der Waals surface area (Å²) in [5.74, 6) is 0.768. The monoisotopic (exact) mass is 286 g/mol. The Bertz CT molecular complexity index is 452. The van der Waals surface area contributed by atoms with Crippen LogP contribution in [0.4, 0.5) is 0 Å². The molecule has 3 rings (SSSR count). The molecule has 1 aromatic rings. The Labute approximate surface area is 129 Å². The first-order valence-corrected chi connectivity index (χ1v) is 8.78. The number of benzene rings is 1. The first-order valence-electron chi connectivity index (χ1n) is 8.78. The van der Waals surface area contributed by atoms with Gasteiger partial charge in [-0.3, -0.25) is 4.90 Å². The smallest absolute Gasteiger partial charge is 0.0304 e. The minimum atomic E-state index is 0.343. The van der Waals surface area contributed by atoms with Crippen molar-refractivity contribution >= 4 is 0 Å². The normalized spacial score (nSPS) is 32.0. The maximum Gasteiger partial charge on any atom is 0.0304 e. The molecule has 21 heavy (non-hydrogen) atoms. The molecular formula is C19H30N2. The third-order valence-electron chi connectivity index (χ3n) is 5.90. The van der Waals surface area contributed by atoms with Crippen LogP contribution in [0.1, 0.15) is 57.9 Å². The summed E-state index contributed by atoms with van der Waals surface area (Å²) < 4.78 is 0. The molecule has 1 N–H and O–H groups in total. The lowest BCUT2D eigenvalue weighted by molar-refractivity contribution is 0.0623. The molecule has 0 aromatic heterocycles. The molecule has 1 heterocycles. The zero-order valence-corrected chi connectivity index (χ0v) is 13.8. The Morgan fingerprint density at radius 2 is 1.86 bits per heavy atom. The fourth-order valence-electron chi connectivity index (χ4n) is 4.08. The standard InChI is InChI=1S/C19H30N2/c1-4-16-13-20-19(5-2,6-3)14-21(16)18-12-17(18)15-10-8-7-9-11-15/h7-11,16-18,20H,4-6,12-14H2,1-3H3. The van der Waals surface area contributed by atoms with Gasteiger partial charge < -0.3 is 5.32 Å². The highest BCUT2D eigenvalue weighted by molar-refractivity contribution is 5.28. The minimum Gasteiger partial charge on any atom is -0.308 e. The Kier molecular flexibility index (Phi) is 4.37. The number of piperazine rings is 1. The summed E-state index contributed by atoms with van der Waals surface area (Å²) >= 11 is 0. The molecule has 1 aromatic carbocycles. The van der Waals surface area contributed by atoms with Crippen LogP contribution in [0.25, 0.3) is 0 Å². The fourth-order valence-corrected chi connectivity index (χ4v) is 4.08. The van der Waals surface area contributed by atoms with Crippen molar-refractivity contribution in [2.45, 2.75) is 70.0 Å². The molecule has 2 fully saturated rings. The van der Waals surface area contributed by atoms with Gasteiger partial charge in [-0.05, 0) is 31.2 Å². The first kappa shape index (κ1) is 15.1. The van der Waals surface area contributed by atoms with Gasteiger partial charge in [0.2, 0.25) is 0 Å². The second kappa shape index (κ2) is 6.10. The van der Waals surface area contributed by atoms with E-state index in [1.54, 1.807) is 0 Å². The lowest BCUT2D eigenvalue weighted by Crippen LogP contribution is -2.64. The molecule has 2 heteroatoms. The number of nitrogens with one attached hydrogen (secondary N) is 1. The van der Waals surface area contributed by atoms with Crippen molar-refractivity contribution in [3.05, 3.63) is 35.9 Å². The van der Waals surface area contributed by atoms with Crippen LogP contribution in [-0.4, -0.2) is 35.6 Å². The van der Waals surface area contributed by atoms with E-state index < -0.39 is 0 Å². The highest BCUT2D eigenvalue weighted by Gasteiger charge is 2.48. The Balaban J connectivity index is 1.73. The Morgan fingerprint density at radius 3 is 2.48 bits per heavy atom. The van der Waals surface area contributed by atoms with Gasteiger partial charge in [0, 0.05) is 36.6 Å². The predicted molar refractivity (Wildman–Crippen MR) is 89.7 cm³/mol. The maximum atomic E-state index is 3.86. The van der Waals surface area contributed by atoms with Crippen LogP contribution in [0, 0.1) is 0 Å². The zero-order chi connectivity index (χ0) is 14.9. The maximum absolute atomic E-state index is 3.86. The van der Waals surface area contributed by atoms with E-state index in [4.69, 9.17) is 0 Å².